The first-order valence-electron chi connectivity index (χ1n) is 7.65. The molecule has 0 aliphatic rings. The quantitative estimate of drug-likeness (QED) is 0.466. The zero-order valence-corrected chi connectivity index (χ0v) is 15.4. The van der Waals surface area contributed by atoms with E-state index in [2.05, 4.69) is 10.7 Å². The van der Waals surface area contributed by atoms with E-state index in [0.717, 1.165) is 4.31 Å². The lowest BCUT2D eigenvalue weighted by Crippen LogP contribution is -2.48. The van der Waals surface area contributed by atoms with Crippen molar-refractivity contribution in [2.75, 3.05) is 14.1 Å². The van der Waals surface area contributed by atoms with Gasteiger partial charge in [0.05, 0.1) is 17.7 Å². The first-order valence-corrected chi connectivity index (χ1v) is 9.09. The lowest BCUT2D eigenvalue weighted by atomic mass is 10.2. The van der Waals surface area contributed by atoms with Crippen LogP contribution in [0.1, 0.15) is 16.1 Å². The van der Waals surface area contributed by atoms with E-state index >= 15 is 0 Å². The second-order valence-corrected chi connectivity index (χ2v) is 7.63. The molecule has 0 saturated carbocycles. The van der Waals surface area contributed by atoms with Crippen molar-refractivity contribution in [3.05, 3.63) is 54.0 Å². The molecule has 1 heterocycles. The van der Waals surface area contributed by atoms with Crippen molar-refractivity contribution in [2.24, 2.45) is 0 Å². The number of amides is 3. The molecule has 0 aliphatic heterocycles. The Labute approximate surface area is 155 Å². The Morgan fingerprint density at radius 2 is 1.67 bits per heavy atom. The molecule has 11 heteroatoms. The maximum absolute atomic E-state index is 12.0. The van der Waals surface area contributed by atoms with Gasteiger partial charge in [0.1, 0.15) is 5.76 Å². The molecular formula is C16H18N4O6S. The molecule has 0 bridgehead atoms. The van der Waals surface area contributed by atoms with Gasteiger partial charge in [0.2, 0.25) is 10.0 Å². The summed E-state index contributed by atoms with van der Waals surface area (Å²) in [6.45, 7) is 0.0228. The third-order valence-electron chi connectivity index (χ3n) is 3.39. The summed E-state index contributed by atoms with van der Waals surface area (Å²) in [6.07, 6.45) is 1.43. The zero-order chi connectivity index (χ0) is 20.0. The molecule has 0 atom stereocenters. The average molecular weight is 394 g/mol. The van der Waals surface area contributed by atoms with Crippen LogP contribution >= 0.6 is 0 Å². The third-order valence-corrected chi connectivity index (χ3v) is 5.22. The first-order chi connectivity index (χ1) is 12.7. The number of hydrogen-bond donors (Lipinski definition) is 3. The number of sulfonamides is 1. The molecule has 3 amide bonds. The van der Waals surface area contributed by atoms with Gasteiger partial charge in [0.15, 0.2) is 0 Å². The summed E-state index contributed by atoms with van der Waals surface area (Å²) < 4.78 is 30.0. The van der Waals surface area contributed by atoms with Crippen molar-refractivity contribution in [3.8, 4) is 0 Å². The maximum atomic E-state index is 12.0. The molecule has 0 spiro atoms. The Hall–Kier alpha value is -3.18. The van der Waals surface area contributed by atoms with Crippen molar-refractivity contribution < 1.29 is 27.2 Å². The summed E-state index contributed by atoms with van der Waals surface area (Å²) in [5, 5.41) is 2.32. The van der Waals surface area contributed by atoms with Crippen LogP contribution in [0.2, 0.25) is 0 Å². The Bertz CT molecular complexity index is 920. The number of nitrogens with one attached hydrogen (secondary N) is 3. The number of hydrogen-bond acceptors (Lipinski definition) is 6. The molecule has 0 unspecified atom stereocenters. The summed E-state index contributed by atoms with van der Waals surface area (Å²) in [5.41, 5.74) is 4.14. The van der Waals surface area contributed by atoms with Gasteiger partial charge in [-0.05, 0) is 36.4 Å². The fourth-order valence-corrected chi connectivity index (χ4v) is 2.79. The van der Waals surface area contributed by atoms with Crippen LogP contribution in [0.25, 0.3) is 0 Å². The van der Waals surface area contributed by atoms with E-state index in [-0.39, 0.29) is 17.0 Å². The van der Waals surface area contributed by atoms with E-state index in [1.165, 1.54) is 44.6 Å². The fourth-order valence-electron chi connectivity index (χ4n) is 1.89. The maximum Gasteiger partial charge on any atom is 0.327 e. The number of carbonyl (C=O) groups excluding carboxylic acids is 3. The second-order valence-electron chi connectivity index (χ2n) is 5.48. The van der Waals surface area contributed by atoms with Crippen LogP contribution in [0, 0.1) is 0 Å². The highest BCUT2D eigenvalue weighted by Gasteiger charge is 2.18. The molecular weight excluding hydrogens is 376 g/mol. The monoisotopic (exact) mass is 394 g/mol. The standard InChI is InChI=1S/C16H18N4O6S/c1-20(2)27(24,25)13-7-5-11(6-8-13)14(21)18-19-16(23)15(22)17-10-12-4-3-9-26-12/h3-9H,10H2,1-2H3,(H,17,22)(H,18,21)(H,19,23). The smallest absolute Gasteiger partial charge is 0.327 e. The Morgan fingerprint density at radius 3 is 2.22 bits per heavy atom. The number of carbonyl (C=O) groups is 3. The summed E-state index contributed by atoms with van der Waals surface area (Å²) in [4.78, 5) is 35.3. The van der Waals surface area contributed by atoms with Crippen molar-refractivity contribution in [2.45, 2.75) is 11.4 Å². The number of rotatable bonds is 5. The van der Waals surface area contributed by atoms with Crippen LogP contribution in [-0.2, 0) is 26.2 Å². The van der Waals surface area contributed by atoms with Gasteiger partial charge in [-0.3, -0.25) is 25.2 Å². The van der Waals surface area contributed by atoms with E-state index < -0.39 is 27.7 Å². The van der Waals surface area contributed by atoms with Crippen LogP contribution in [-0.4, -0.2) is 44.5 Å². The lowest BCUT2D eigenvalue weighted by Gasteiger charge is -2.12. The van der Waals surface area contributed by atoms with Crippen molar-refractivity contribution in [1.82, 2.24) is 20.5 Å². The molecule has 1 aromatic carbocycles. The Balaban J connectivity index is 1.87. The summed E-state index contributed by atoms with van der Waals surface area (Å²) in [7, 11) is -0.827. The van der Waals surface area contributed by atoms with Crippen molar-refractivity contribution >= 4 is 27.7 Å². The number of furan rings is 1. The van der Waals surface area contributed by atoms with E-state index in [1.54, 1.807) is 12.1 Å². The highest BCUT2D eigenvalue weighted by molar-refractivity contribution is 7.89. The SMILES string of the molecule is CN(C)S(=O)(=O)c1ccc(C(=O)NNC(=O)C(=O)NCc2ccco2)cc1. The van der Waals surface area contributed by atoms with Gasteiger partial charge >= 0.3 is 11.8 Å². The van der Waals surface area contributed by atoms with E-state index in [4.69, 9.17) is 4.42 Å². The predicted octanol–water partition coefficient (Wildman–Crippen LogP) is -0.393. The van der Waals surface area contributed by atoms with E-state index in [1.807, 2.05) is 5.43 Å². The molecule has 144 valence electrons. The summed E-state index contributed by atoms with van der Waals surface area (Å²) in [6, 6.07) is 8.37. The predicted molar refractivity (Wildman–Crippen MR) is 93.5 cm³/mol. The first kappa shape index (κ1) is 20.1. The highest BCUT2D eigenvalue weighted by Crippen LogP contribution is 2.13. The third kappa shape index (κ3) is 5.15. The Kier molecular flexibility index (Phi) is 6.32. The topological polar surface area (TPSA) is 138 Å². The van der Waals surface area contributed by atoms with E-state index in [0.29, 0.717) is 5.76 Å². The van der Waals surface area contributed by atoms with Crippen molar-refractivity contribution in [3.63, 3.8) is 0 Å². The minimum absolute atomic E-state index is 0.0189. The molecule has 2 rings (SSSR count). The highest BCUT2D eigenvalue weighted by atomic mass is 32.2. The second kappa shape index (κ2) is 8.47. The number of benzene rings is 1. The van der Waals surface area contributed by atoms with Gasteiger partial charge in [-0.25, -0.2) is 12.7 Å². The summed E-state index contributed by atoms with van der Waals surface area (Å²) >= 11 is 0. The largest absolute Gasteiger partial charge is 0.467 e. The number of nitrogens with zero attached hydrogens (tertiary/aromatic N) is 1. The summed E-state index contributed by atoms with van der Waals surface area (Å²) in [5.74, 6) is -2.27. The van der Waals surface area contributed by atoms with Crippen LogP contribution in [0.15, 0.2) is 52.0 Å². The van der Waals surface area contributed by atoms with Crippen molar-refractivity contribution in [1.29, 1.82) is 0 Å². The zero-order valence-electron chi connectivity index (χ0n) is 14.6. The van der Waals surface area contributed by atoms with Crippen LogP contribution in [0.3, 0.4) is 0 Å². The number of hydrazine groups is 1. The fraction of sp³-hybridized carbons (Fsp3) is 0.188. The van der Waals surface area contributed by atoms with E-state index in [9.17, 15) is 22.8 Å². The Morgan fingerprint density at radius 1 is 1.00 bits per heavy atom. The van der Waals surface area contributed by atoms with Gasteiger partial charge < -0.3 is 9.73 Å². The molecule has 2 aromatic rings. The minimum atomic E-state index is -3.61. The molecule has 0 fully saturated rings. The van der Waals surface area contributed by atoms with Gasteiger partial charge in [-0.2, -0.15) is 0 Å². The van der Waals surface area contributed by atoms with Gasteiger partial charge in [-0.15, -0.1) is 0 Å². The molecule has 0 saturated heterocycles. The normalized spacial score (nSPS) is 11.1. The van der Waals surface area contributed by atoms with Crippen LogP contribution in [0.4, 0.5) is 0 Å². The molecule has 27 heavy (non-hydrogen) atoms. The van der Waals surface area contributed by atoms with Gasteiger partial charge in [0.25, 0.3) is 5.91 Å². The average Bonchev–Trinajstić information content (AvgIpc) is 3.17. The molecule has 10 nitrogen and oxygen atoms in total. The van der Waals surface area contributed by atoms with Gasteiger partial charge in [0, 0.05) is 19.7 Å². The molecule has 3 N–H and O–H groups in total. The lowest BCUT2D eigenvalue weighted by molar-refractivity contribution is -0.139. The molecule has 1 aromatic heterocycles. The van der Waals surface area contributed by atoms with Gasteiger partial charge in [-0.1, -0.05) is 0 Å². The van der Waals surface area contributed by atoms with Crippen LogP contribution < -0.4 is 16.2 Å². The molecule has 0 aliphatic carbocycles. The van der Waals surface area contributed by atoms with Crippen LogP contribution in [0.5, 0.6) is 0 Å². The minimum Gasteiger partial charge on any atom is -0.467 e. The molecule has 0 radical (unpaired) electrons.